The molecule has 0 heterocycles. The van der Waals surface area contributed by atoms with E-state index >= 15 is 0 Å². The van der Waals surface area contributed by atoms with E-state index in [-0.39, 0.29) is 7.92 Å². The van der Waals surface area contributed by atoms with Crippen LogP contribution in [-0.4, -0.2) is 12.8 Å². The zero-order valence-electron chi connectivity index (χ0n) is 8.17. The summed E-state index contributed by atoms with van der Waals surface area (Å²) in [7, 11) is 0.112. The quantitative estimate of drug-likeness (QED) is 0.627. The molecule has 0 radical (unpaired) electrons. The fraction of sp³-hybridized carbons (Fsp3) is 0.455. The monoisotopic (exact) mass is 180 g/mol. The van der Waals surface area contributed by atoms with Crippen molar-refractivity contribution in [2.45, 2.75) is 20.3 Å². The zero-order chi connectivity index (χ0) is 8.97. The third-order valence-corrected chi connectivity index (χ3v) is 4.33. The zero-order valence-corrected chi connectivity index (χ0v) is 9.07. The second kappa shape index (κ2) is 4.62. The van der Waals surface area contributed by atoms with E-state index in [0.717, 1.165) is 0 Å². The van der Waals surface area contributed by atoms with Gasteiger partial charge in [-0.2, -0.15) is 0 Å². The summed E-state index contributed by atoms with van der Waals surface area (Å²) in [5.74, 6) is 0. The summed E-state index contributed by atoms with van der Waals surface area (Å²) >= 11 is 0. The summed E-state index contributed by atoms with van der Waals surface area (Å²) in [5.41, 5.74) is 1.36. The van der Waals surface area contributed by atoms with Gasteiger partial charge < -0.3 is 0 Å². The van der Waals surface area contributed by atoms with Crippen molar-refractivity contribution >= 4 is 13.2 Å². The molecule has 1 unspecified atom stereocenters. The van der Waals surface area contributed by atoms with E-state index in [1.54, 1.807) is 0 Å². The first-order valence-electron chi connectivity index (χ1n) is 4.52. The van der Waals surface area contributed by atoms with Crippen LogP contribution in [0.4, 0.5) is 0 Å². The first kappa shape index (κ1) is 9.74. The Kier molecular flexibility index (Phi) is 3.75. The molecule has 0 fully saturated rings. The van der Waals surface area contributed by atoms with Crippen LogP contribution in [0.2, 0.25) is 0 Å². The average Bonchev–Trinajstić information content (AvgIpc) is 2.06. The predicted octanol–water partition coefficient (Wildman–Crippen LogP) is 3.14. The molecule has 1 aromatic carbocycles. The van der Waals surface area contributed by atoms with Crippen molar-refractivity contribution in [1.29, 1.82) is 0 Å². The van der Waals surface area contributed by atoms with Gasteiger partial charge in [-0.1, -0.05) is 51.1 Å². The Hall–Kier alpha value is -0.350. The van der Waals surface area contributed by atoms with Gasteiger partial charge in [0, 0.05) is 0 Å². The van der Waals surface area contributed by atoms with Crippen molar-refractivity contribution < 1.29 is 0 Å². The van der Waals surface area contributed by atoms with Crippen LogP contribution < -0.4 is 5.30 Å². The maximum absolute atomic E-state index is 2.36. The topological polar surface area (TPSA) is 0 Å². The molecular weight excluding hydrogens is 163 g/mol. The molecule has 1 atom stereocenters. The number of hydrogen-bond acceptors (Lipinski definition) is 0. The van der Waals surface area contributed by atoms with Gasteiger partial charge in [0.05, 0.1) is 0 Å². The second-order valence-electron chi connectivity index (χ2n) is 3.26. The highest BCUT2D eigenvalue weighted by Crippen LogP contribution is 2.29. The Morgan fingerprint density at radius 3 is 2.25 bits per heavy atom. The minimum absolute atomic E-state index is 0.112. The van der Waals surface area contributed by atoms with Crippen LogP contribution in [0.3, 0.4) is 0 Å². The van der Waals surface area contributed by atoms with Gasteiger partial charge in [0.15, 0.2) is 0 Å². The van der Waals surface area contributed by atoms with Crippen LogP contribution in [-0.2, 0) is 0 Å². The summed E-state index contributed by atoms with van der Waals surface area (Å²) in [4.78, 5) is 0. The van der Waals surface area contributed by atoms with Crippen molar-refractivity contribution in [1.82, 2.24) is 0 Å². The van der Waals surface area contributed by atoms with Crippen LogP contribution in [0, 0.1) is 6.92 Å². The lowest BCUT2D eigenvalue weighted by atomic mass is 10.2. The third-order valence-electron chi connectivity index (χ3n) is 2.03. The van der Waals surface area contributed by atoms with Crippen LogP contribution in [0.1, 0.15) is 18.9 Å². The standard InChI is InChI=1S/C11H17P/c1-4-9-12(3)11-7-5-10(2)6-8-11/h5-8H,4,9H2,1-3H3. The van der Waals surface area contributed by atoms with Gasteiger partial charge in [0.25, 0.3) is 0 Å². The molecule has 0 bridgehead atoms. The molecule has 0 N–H and O–H groups in total. The minimum Gasteiger partial charge on any atom is -0.0785 e. The average molecular weight is 180 g/mol. The maximum atomic E-state index is 2.36. The molecule has 0 aliphatic rings. The molecule has 0 saturated heterocycles. The normalized spacial score (nSPS) is 12.9. The fourth-order valence-electron chi connectivity index (χ4n) is 1.26. The highest BCUT2D eigenvalue weighted by molar-refractivity contribution is 7.64. The number of aryl methyl sites for hydroxylation is 1. The Labute approximate surface area is 76.8 Å². The van der Waals surface area contributed by atoms with Crippen molar-refractivity contribution in [2.75, 3.05) is 12.8 Å². The smallest absolute Gasteiger partial charge is 0.0243 e. The van der Waals surface area contributed by atoms with Crippen molar-refractivity contribution in [3.8, 4) is 0 Å². The summed E-state index contributed by atoms with van der Waals surface area (Å²) in [5, 5.41) is 1.54. The van der Waals surface area contributed by atoms with Gasteiger partial charge in [0.1, 0.15) is 0 Å². The van der Waals surface area contributed by atoms with E-state index in [9.17, 15) is 0 Å². The van der Waals surface area contributed by atoms with E-state index in [2.05, 4.69) is 44.8 Å². The van der Waals surface area contributed by atoms with E-state index in [0.29, 0.717) is 0 Å². The molecule has 0 saturated carbocycles. The molecule has 1 aromatic rings. The molecule has 0 amide bonds. The summed E-state index contributed by atoms with van der Waals surface area (Å²) in [6.07, 6.45) is 2.66. The van der Waals surface area contributed by atoms with Crippen molar-refractivity contribution in [3.63, 3.8) is 0 Å². The van der Waals surface area contributed by atoms with E-state index in [4.69, 9.17) is 0 Å². The van der Waals surface area contributed by atoms with Crippen LogP contribution in [0.25, 0.3) is 0 Å². The first-order chi connectivity index (χ1) is 5.74. The SMILES string of the molecule is CCCP(C)c1ccc(C)cc1. The Morgan fingerprint density at radius 1 is 1.17 bits per heavy atom. The molecule has 1 heteroatoms. The summed E-state index contributed by atoms with van der Waals surface area (Å²) in [6, 6.07) is 8.97. The second-order valence-corrected chi connectivity index (χ2v) is 5.62. The molecule has 0 aliphatic heterocycles. The largest absolute Gasteiger partial charge is 0.0785 e. The lowest BCUT2D eigenvalue weighted by Crippen LogP contribution is -2.01. The lowest BCUT2D eigenvalue weighted by molar-refractivity contribution is 1.10. The van der Waals surface area contributed by atoms with Gasteiger partial charge in [-0.05, 0) is 25.1 Å². The number of hydrogen-bond donors (Lipinski definition) is 0. The first-order valence-corrected chi connectivity index (χ1v) is 6.49. The van der Waals surface area contributed by atoms with Crippen molar-refractivity contribution in [3.05, 3.63) is 29.8 Å². The number of benzene rings is 1. The fourth-order valence-corrected chi connectivity index (χ4v) is 2.85. The van der Waals surface area contributed by atoms with Crippen LogP contribution >= 0.6 is 7.92 Å². The Bertz CT molecular complexity index is 225. The third kappa shape index (κ3) is 2.60. The summed E-state index contributed by atoms with van der Waals surface area (Å²) in [6.45, 7) is 6.76. The van der Waals surface area contributed by atoms with E-state index in [1.165, 1.54) is 23.5 Å². The molecule has 0 aliphatic carbocycles. The molecule has 66 valence electrons. The maximum Gasteiger partial charge on any atom is -0.0243 e. The highest BCUT2D eigenvalue weighted by atomic mass is 31.1. The Balaban J connectivity index is 2.68. The van der Waals surface area contributed by atoms with Crippen LogP contribution in [0.5, 0.6) is 0 Å². The summed E-state index contributed by atoms with van der Waals surface area (Å²) < 4.78 is 0. The van der Waals surface area contributed by atoms with Gasteiger partial charge in [0.2, 0.25) is 0 Å². The molecule has 0 aromatic heterocycles. The molecule has 0 spiro atoms. The predicted molar refractivity (Wildman–Crippen MR) is 58.8 cm³/mol. The number of rotatable bonds is 3. The molecular formula is C11H17P. The van der Waals surface area contributed by atoms with Gasteiger partial charge >= 0.3 is 0 Å². The molecule has 1 rings (SSSR count). The van der Waals surface area contributed by atoms with Gasteiger partial charge in [-0.15, -0.1) is 0 Å². The lowest BCUT2D eigenvalue weighted by Gasteiger charge is -2.10. The van der Waals surface area contributed by atoms with E-state index in [1.807, 2.05) is 0 Å². The Morgan fingerprint density at radius 2 is 1.75 bits per heavy atom. The van der Waals surface area contributed by atoms with Crippen LogP contribution in [0.15, 0.2) is 24.3 Å². The minimum atomic E-state index is 0.112. The highest BCUT2D eigenvalue weighted by Gasteiger charge is 2.01. The van der Waals surface area contributed by atoms with E-state index < -0.39 is 0 Å². The van der Waals surface area contributed by atoms with Gasteiger partial charge in [-0.25, -0.2) is 0 Å². The van der Waals surface area contributed by atoms with Crippen molar-refractivity contribution in [2.24, 2.45) is 0 Å². The molecule has 0 nitrogen and oxygen atoms in total. The molecule has 12 heavy (non-hydrogen) atoms. The van der Waals surface area contributed by atoms with Gasteiger partial charge in [-0.3, -0.25) is 0 Å².